The van der Waals surface area contributed by atoms with Crippen molar-refractivity contribution < 1.29 is 9.53 Å². The molecule has 1 aliphatic heterocycles. The van der Waals surface area contributed by atoms with Gasteiger partial charge in [-0.05, 0) is 23.8 Å². The second-order valence-corrected chi connectivity index (χ2v) is 6.41. The lowest BCUT2D eigenvalue weighted by molar-refractivity contribution is 0.0341. The quantitative estimate of drug-likeness (QED) is 0.779. The maximum absolute atomic E-state index is 12.9. The summed E-state index contributed by atoms with van der Waals surface area (Å²) in [5.41, 5.74) is 2.21. The molecule has 0 N–H and O–H groups in total. The Hall–Kier alpha value is -1.39. The number of nitrogens with zero attached hydrogens (tertiary/aromatic N) is 1. The molecule has 0 radical (unpaired) electrons. The summed E-state index contributed by atoms with van der Waals surface area (Å²) in [7, 11) is 0. The van der Waals surface area contributed by atoms with Gasteiger partial charge >= 0.3 is 0 Å². The molecule has 3 rings (SSSR count). The number of benzene rings is 2. The van der Waals surface area contributed by atoms with Gasteiger partial charge in [0.05, 0.1) is 13.2 Å². The van der Waals surface area contributed by atoms with Crippen LogP contribution in [-0.4, -0.2) is 37.0 Å². The molecule has 0 unspecified atom stereocenters. The fourth-order valence-corrected chi connectivity index (χ4v) is 3.25. The Balaban J connectivity index is 1.88. The molecule has 5 heteroatoms. The molecule has 23 heavy (non-hydrogen) atoms. The van der Waals surface area contributed by atoms with Crippen LogP contribution in [-0.2, 0) is 11.3 Å². The third-order valence-corrected chi connectivity index (χ3v) is 4.32. The minimum Gasteiger partial charge on any atom is -0.379 e. The van der Waals surface area contributed by atoms with Crippen LogP contribution in [0.15, 0.2) is 42.5 Å². The van der Waals surface area contributed by atoms with E-state index in [2.05, 4.69) is 4.90 Å². The molecule has 0 spiro atoms. The van der Waals surface area contributed by atoms with E-state index in [0.29, 0.717) is 21.2 Å². The third kappa shape index (κ3) is 4.12. The van der Waals surface area contributed by atoms with Crippen molar-refractivity contribution in [1.82, 2.24) is 4.90 Å². The molecule has 1 fully saturated rings. The average molecular weight is 350 g/mol. The number of ketones is 1. The SMILES string of the molecule is O=C(c1cc(Cl)cc(Cl)c1)c1ccccc1CN1CCOCC1. The summed E-state index contributed by atoms with van der Waals surface area (Å²) >= 11 is 12.0. The molecule has 0 bridgehead atoms. The van der Waals surface area contributed by atoms with Crippen LogP contribution >= 0.6 is 23.2 Å². The number of ether oxygens (including phenoxy) is 1. The Morgan fingerprint density at radius 2 is 1.70 bits per heavy atom. The van der Waals surface area contributed by atoms with Crippen molar-refractivity contribution in [3.8, 4) is 0 Å². The zero-order valence-electron chi connectivity index (χ0n) is 12.6. The molecule has 120 valence electrons. The van der Waals surface area contributed by atoms with Crippen LogP contribution in [0.25, 0.3) is 0 Å². The molecule has 1 saturated heterocycles. The van der Waals surface area contributed by atoms with Gasteiger partial charge in [-0.1, -0.05) is 47.5 Å². The van der Waals surface area contributed by atoms with Crippen LogP contribution in [0, 0.1) is 0 Å². The number of carbonyl (C=O) groups is 1. The van der Waals surface area contributed by atoms with Gasteiger partial charge in [-0.25, -0.2) is 0 Å². The van der Waals surface area contributed by atoms with Crippen molar-refractivity contribution in [2.45, 2.75) is 6.54 Å². The lowest BCUT2D eigenvalue weighted by Crippen LogP contribution is -2.36. The fourth-order valence-electron chi connectivity index (χ4n) is 2.72. The van der Waals surface area contributed by atoms with E-state index in [0.717, 1.165) is 38.4 Å². The first-order valence-electron chi connectivity index (χ1n) is 7.52. The lowest BCUT2D eigenvalue weighted by Gasteiger charge is -2.27. The van der Waals surface area contributed by atoms with Gasteiger partial charge in [0.15, 0.2) is 5.78 Å². The van der Waals surface area contributed by atoms with Gasteiger partial charge in [-0.15, -0.1) is 0 Å². The standard InChI is InChI=1S/C18H17Cl2NO2/c19-15-9-14(10-16(20)11-15)18(22)17-4-2-1-3-13(17)12-21-5-7-23-8-6-21/h1-4,9-11H,5-8,12H2. The molecule has 0 amide bonds. The van der Waals surface area contributed by atoms with E-state index >= 15 is 0 Å². The minimum absolute atomic E-state index is 0.0572. The Labute approximate surface area is 145 Å². The van der Waals surface area contributed by atoms with Gasteiger partial charge < -0.3 is 4.74 Å². The molecule has 0 aliphatic carbocycles. The van der Waals surface area contributed by atoms with Crippen LogP contribution < -0.4 is 0 Å². The first-order valence-corrected chi connectivity index (χ1v) is 8.28. The van der Waals surface area contributed by atoms with E-state index in [1.165, 1.54) is 0 Å². The van der Waals surface area contributed by atoms with Gasteiger partial charge in [0.2, 0.25) is 0 Å². The highest BCUT2D eigenvalue weighted by molar-refractivity contribution is 6.35. The summed E-state index contributed by atoms with van der Waals surface area (Å²) in [4.78, 5) is 15.1. The Morgan fingerprint density at radius 3 is 2.39 bits per heavy atom. The fraction of sp³-hybridized carbons (Fsp3) is 0.278. The van der Waals surface area contributed by atoms with Gasteiger partial charge in [0.25, 0.3) is 0 Å². The summed E-state index contributed by atoms with van der Waals surface area (Å²) in [6, 6.07) is 12.6. The number of rotatable bonds is 4. The predicted octanol–water partition coefficient (Wildman–Crippen LogP) is 4.06. The molecule has 2 aromatic carbocycles. The van der Waals surface area contributed by atoms with Crippen molar-refractivity contribution in [3.05, 3.63) is 69.2 Å². The van der Waals surface area contributed by atoms with Crippen LogP contribution in [0.2, 0.25) is 10.0 Å². The van der Waals surface area contributed by atoms with E-state index in [1.54, 1.807) is 18.2 Å². The highest BCUT2D eigenvalue weighted by atomic mass is 35.5. The summed E-state index contributed by atoms with van der Waals surface area (Å²) in [6.45, 7) is 3.97. The second kappa shape index (κ2) is 7.45. The topological polar surface area (TPSA) is 29.5 Å². The number of morpholine rings is 1. The van der Waals surface area contributed by atoms with Crippen LogP contribution in [0.3, 0.4) is 0 Å². The highest BCUT2D eigenvalue weighted by Crippen LogP contribution is 2.23. The molecule has 0 saturated carbocycles. The zero-order valence-corrected chi connectivity index (χ0v) is 14.1. The lowest BCUT2D eigenvalue weighted by atomic mass is 9.98. The maximum Gasteiger partial charge on any atom is 0.193 e. The largest absolute Gasteiger partial charge is 0.379 e. The predicted molar refractivity (Wildman–Crippen MR) is 92.4 cm³/mol. The van der Waals surface area contributed by atoms with Gasteiger partial charge in [-0.3, -0.25) is 9.69 Å². The van der Waals surface area contributed by atoms with Crippen LogP contribution in [0.5, 0.6) is 0 Å². The zero-order chi connectivity index (χ0) is 16.2. The molecule has 3 nitrogen and oxygen atoms in total. The Bertz CT molecular complexity index is 692. The van der Waals surface area contributed by atoms with E-state index in [4.69, 9.17) is 27.9 Å². The van der Waals surface area contributed by atoms with Crippen LogP contribution in [0.4, 0.5) is 0 Å². The normalized spacial score (nSPS) is 15.6. The van der Waals surface area contributed by atoms with E-state index < -0.39 is 0 Å². The van der Waals surface area contributed by atoms with E-state index in [1.807, 2.05) is 24.3 Å². The molecule has 1 heterocycles. The highest BCUT2D eigenvalue weighted by Gasteiger charge is 2.17. The monoisotopic (exact) mass is 349 g/mol. The van der Waals surface area contributed by atoms with Crippen molar-refractivity contribution >= 4 is 29.0 Å². The van der Waals surface area contributed by atoms with E-state index in [-0.39, 0.29) is 5.78 Å². The molecular weight excluding hydrogens is 333 g/mol. The van der Waals surface area contributed by atoms with Crippen molar-refractivity contribution in [3.63, 3.8) is 0 Å². The minimum atomic E-state index is -0.0572. The maximum atomic E-state index is 12.9. The van der Waals surface area contributed by atoms with Crippen molar-refractivity contribution in [1.29, 1.82) is 0 Å². The smallest absolute Gasteiger partial charge is 0.193 e. The van der Waals surface area contributed by atoms with Crippen LogP contribution in [0.1, 0.15) is 21.5 Å². The first kappa shape index (κ1) is 16.5. The van der Waals surface area contributed by atoms with Gasteiger partial charge in [0, 0.05) is 40.8 Å². The summed E-state index contributed by atoms with van der Waals surface area (Å²) in [6.07, 6.45) is 0. The van der Waals surface area contributed by atoms with E-state index in [9.17, 15) is 4.79 Å². The average Bonchev–Trinajstić information content (AvgIpc) is 2.55. The van der Waals surface area contributed by atoms with Gasteiger partial charge in [0.1, 0.15) is 0 Å². The molecule has 2 aromatic rings. The Morgan fingerprint density at radius 1 is 1.04 bits per heavy atom. The van der Waals surface area contributed by atoms with Gasteiger partial charge in [-0.2, -0.15) is 0 Å². The molecule has 1 aliphatic rings. The summed E-state index contributed by atoms with van der Waals surface area (Å²) < 4.78 is 5.37. The second-order valence-electron chi connectivity index (χ2n) is 5.53. The molecular formula is C18H17Cl2NO2. The molecule has 0 atom stereocenters. The summed E-state index contributed by atoms with van der Waals surface area (Å²) in [5.74, 6) is -0.0572. The first-order chi connectivity index (χ1) is 11.1. The molecule has 0 aromatic heterocycles. The number of halogens is 2. The Kier molecular flexibility index (Phi) is 5.34. The van der Waals surface area contributed by atoms with Crippen molar-refractivity contribution in [2.75, 3.05) is 26.3 Å². The van der Waals surface area contributed by atoms with Crippen molar-refractivity contribution in [2.24, 2.45) is 0 Å². The third-order valence-electron chi connectivity index (χ3n) is 3.88. The number of hydrogen-bond acceptors (Lipinski definition) is 3. The summed E-state index contributed by atoms with van der Waals surface area (Å²) in [5, 5.41) is 0.929. The number of carbonyl (C=O) groups excluding carboxylic acids is 1. The number of hydrogen-bond donors (Lipinski definition) is 0.